The van der Waals surface area contributed by atoms with Crippen molar-refractivity contribution in [2.45, 2.75) is 43.7 Å². The first kappa shape index (κ1) is 12.5. The highest BCUT2D eigenvalue weighted by atomic mass is 16.5. The largest absolute Gasteiger partial charge is 0.497 e. The molecule has 3 rings (SSSR count). The van der Waals surface area contributed by atoms with Gasteiger partial charge in [0, 0.05) is 6.04 Å². The summed E-state index contributed by atoms with van der Waals surface area (Å²) < 4.78 is 5.23. The number of nitrogens with one attached hydrogen (secondary N) is 1. The number of ether oxygens (including phenoxy) is 1. The van der Waals surface area contributed by atoms with Crippen LogP contribution >= 0.6 is 0 Å². The molecular formula is C15H19NO3. The summed E-state index contributed by atoms with van der Waals surface area (Å²) >= 11 is 0. The van der Waals surface area contributed by atoms with E-state index in [9.17, 15) is 9.90 Å². The van der Waals surface area contributed by atoms with E-state index in [-0.39, 0.29) is 0 Å². The summed E-state index contributed by atoms with van der Waals surface area (Å²) in [5.74, 6) is 0.0388. The second-order valence-electron chi connectivity index (χ2n) is 5.51. The number of aryl methyl sites for hydroxylation is 1. The van der Waals surface area contributed by atoms with E-state index in [2.05, 4.69) is 5.32 Å². The first-order chi connectivity index (χ1) is 9.15. The number of carboxylic acids is 1. The summed E-state index contributed by atoms with van der Waals surface area (Å²) in [6.07, 6.45) is 4.65. The number of carboxylic acid groups (broad SMARTS) is 1. The van der Waals surface area contributed by atoms with Crippen LogP contribution in [0.2, 0.25) is 0 Å². The lowest BCUT2D eigenvalue weighted by Crippen LogP contribution is -2.52. The normalized spacial score (nSPS) is 25.7. The van der Waals surface area contributed by atoms with Crippen LogP contribution in [0.1, 0.15) is 36.8 Å². The summed E-state index contributed by atoms with van der Waals surface area (Å²) in [5, 5.41) is 13.1. The zero-order valence-electron chi connectivity index (χ0n) is 11.1. The number of benzene rings is 1. The molecule has 1 fully saturated rings. The van der Waals surface area contributed by atoms with Gasteiger partial charge >= 0.3 is 5.97 Å². The second kappa shape index (κ2) is 4.53. The molecular weight excluding hydrogens is 242 g/mol. The molecule has 0 spiro atoms. The van der Waals surface area contributed by atoms with Gasteiger partial charge in [0.1, 0.15) is 11.3 Å². The summed E-state index contributed by atoms with van der Waals surface area (Å²) in [6.45, 7) is 0. The molecule has 2 N–H and O–H groups in total. The Balaban J connectivity index is 2.05. The Kier molecular flexibility index (Phi) is 2.97. The van der Waals surface area contributed by atoms with Crippen molar-refractivity contribution in [3.63, 3.8) is 0 Å². The highest BCUT2D eigenvalue weighted by molar-refractivity contribution is 5.82. The number of fused-ring (bicyclic) bond motifs is 1. The van der Waals surface area contributed by atoms with Gasteiger partial charge < -0.3 is 9.84 Å². The minimum atomic E-state index is -0.902. The molecule has 2 aliphatic carbocycles. The van der Waals surface area contributed by atoms with Crippen LogP contribution in [-0.2, 0) is 16.8 Å². The quantitative estimate of drug-likeness (QED) is 0.871. The van der Waals surface area contributed by atoms with Crippen LogP contribution in [0, 0.1) is 0 Å². The zero-order valence-corrected chi connectivity index (χ0v) is 11.1. The zero-order chi connectivity index (χ0) is 13.5. The summed E-state index contributed by atoms with van der Waals surface area (Å²) in [7, 11) is 1.64. The summed E-state index contributed by atoms with van der Waals surface area (Å²) in [5.41, 5.74) is 1.11. The van der Waals surface area contributed by atoms with E-state index in [1.165, 1.54) is 0 Å². The Labute approximate surface area is 112 Å². The van der Waals surface area contributed by atoms with Gasteiger partial charge in [-0.05, 0) is 55.4 Å². The molecule has 19 heavy (non-hydrogen) atoms. The van der Waals surface area contributed by atoms with Gasteiger partial charge in [0.2, 0.25) is 0 Å². The molecule has 0 heterocycles. The Morgan fingerprint density at radius 2 is 2.26 bits per heavy atom. The van der Waals surface area contributed by atoms with Crippen LogP contribution in [0.4, 0.5) is 0 Å². The fourth-order valence-electron chi connectivity index (χ4n) is 3.01. The maximum absolute atomic E-state index is 11.9. The molecule has 1 unspecified atom stereocenters. The Bertz CT molecular complexity index is 510. The van der Waals surface area contributed by atoms with Crippen molar-refractivity contribution < 1.29 is 14.6 Å². The van der Waals surface area contributed by atoms with E-state index in [0.717, 1.165) is 42.6 Å². The van der Waals surface area contributed by atoms with Crippen LogP contribution in [0.5, 0.6) is 5.75 Å². The fraction of sp³-hybridized carbons (Fsp3) is 0.533. The lowest BCUT2D eigenvalue weighted by Gasteiger charge is -2.36. The van der Waals surface area contributed by atoms with Crippen molar-refractivity contribution in [2.24, 2.45) is 0 Å². The molecule has 102 valence electrons. The molecule has 1 atom stereocenters. The molecule has 0 amide bonds. The van der Waals surface area contributed by atoms with Crippen molar-refractivity contribution in [3.05, 3.63) is 29.3 Å². The van der Waals surface area contributed by atoms with Gasteiger partial charge in [-0.3, -0.25) is 5.32 Å². The average molecular weight is 261 g/mol. The molecule has 4 heteroatoms. The van der Waals surface area contributed by atoms with Gasteiger partial charge in [-0.25, -0.2) is 4.79 Å². The second-order valence-corrected chi connectivity index (χ2v) is 5.51. The molecule has 0 saturated heterocycles. The van der Waals surface area contributed by atoms with E-state index in [1.54, 1.807) is 7.11 Å². The van der Waals surface area contributed by atoms with E-state index in [0.29, 0.717) is 12.5 Å². The molecule has 1 saturated carbocycles. The lowest BCUT2D eigenvalue weighted by molar-refractivity contribution is -0.146. The number of methoxy groups -OCH3 is 1. The Morgan fingerprint density at radius 1 is 1.47 bits per heavy atom. The smallest absolute Gasteiger partial charge is 0.328 e. The molecule has 2 aliphatic rings. The molecule has 1 aromatic carbocycles. The monoisotopic (exact) mass is 261 g/mol. The SMILES string of the molecule is COc1ccc2c(c1)CCCC2(NC1CC1)C(=O)O. The van der Waals surface area contributed by atoms with Crippen LogP contribution < -0.4 is 10.1 Å². The van der Waals surface area contributed by atoms with Gasteiger partial charge in [0.05, 0.1) is 7.11 Å². The summed E-state index contributed by atoms with van der Waals surface area (Å²) in [6, 6.07) is 6.11. The fourth-order valence-corrected chi connectivity index (χ4v) is 3.01. The van der Waals surface area contributed by atoms with Crippen molar-refractivity contribution in [1.29, 1.82) is 0 Å². The number of aliphatic carboxylic acids is 1. The topological polar surface area (TPSA) is 58.6 Å². The van der Waals surface area contributed by atoms with E-state index >= 15 is 0 Å². The molecule has 0 aromatic heterocycles. The van der Waals surface area contributed by atoms with Gasteiger partial charge in [0.25, 0.3) is 0 Å². The number of hydrogen-bond acceptors (Lipinski definition) is 3. The predicted octanol–water partition coefficient (Wildman–Crippen LogP) is 2.06. The highest BCUT2D eigenvalue weighted by Gasteiger charge is 2.46. The molecule has 0 bridgehead atoms. The molecule has 0 radical (unpaired) electrons. The van der Waals surface area contributed by atoms with Crippen LogP contribution in [0.15, 0.2) is 18.2 Å². The molecule has 4 nitrogen and oxygen atoms in total. The standard InChI is InChI=1S/C15H19NO3/c1-19-12-6-7-13-10(9-12)3-2-8-15(13,14(17)18)16-11-4-5-11/h6-7,9,11,16H,2-5,8H2,1H3,(H,17,18). The first-order valence-electron chi connectivity index (χ1n) is 6.84. The van der Waals surface area contributed by atoms with Gasteiger partial charge in [-0.15, -0.1) is 0 Å². The van der Waals surface area contributed by atoms with Crippen LogP contribution in [0.3, 0.4) is 0 Å². The lowest BCUT2D eigenvalue weighted by atomic mass is 9.76. The van der Waals surface area contributed by atoms with E-state index < -0.39 is 11.5 Å². The third kappa shape index (κ3) is 2.10. The van der Waals surface area contributed by atoms with Gasteiger partial charge in [-0.2, -0.15) is 0 Å². The Hall–Kier alpha value is -1.55. The van der Waals surface area contributed by atoms with Crippen molar-refractivity contribution in [2.75, 3.05) is 7.11 Å². The number of carbonyl (C=O) groups is 1. The number of hydrogen-bond donors (Lipinski definition) is 2. The molecule has 1 aromatic rings. The predicted molar refractivity (Wildman–Crippen MR) is 71.4 cm³/mol. The van der Waals surface area contributed by atoms with E-state index in [1.807, 2.05) is 18.2 Å². The number of rotatable bonds is 4. The average Bonchev–Trinajstić information content (AvgIpc) is 3.22. The molecule has 0 aliphatic heterocycles. The maximum Gasteiger partial charge on any atom is 0.328 e. The summed E-state index contributed by atoms with van der Waals surface area (Å²) in [4.78, 5) is 11.9. The first-order valence-corrected chi connectivity index (χ1v) is 6.84. The van der Waals surface area contributed by atoms with Gasteiger partial charge in [0.15, 0.2) is 0 Å². The van der Waals surface area contributed by atoms with Crippen LogP contribution in [-0.4, -0.2) is 24.2 Å². The third-order valence-electron chi connectivity index (χ3n) is 4.16. The minimum Gasteiger partial charge on any atom is -0.497 e. The third-order valence-corrected chi connectivity index (χ3v) is 4.16. The van der Waals surface area contributed by atoms with E-state index in [4.69, 9.17) is 4.74 Å². The Morgan fingerprint density at radius 3 is 2.89 bits per heavy atom. The minimum absolute atomic E-state index is 0.365. The van der Waals surface area contributed by atoms with Crippen LogP contribution in [0.25, 0.3) is 0 Å². The van der Waals surface area contributed by atoms with Crippen molar-refractivity contribution in [1.82, 2.24) is 5.32 Å². The van der Waals surface area contributed by atoms with Gasteiger partial charge in [-0.1, -0.05) is 6.07 Å². The van der Waals surface area contributed by atoms with Crippen molar-refractivity contribution >= 4 is 5.97 Å². The highest BCUT2D eigenvalue weighted by Crippen LogP contribution is 2.39. The van der Waals surface area contributed by atoms with Crippen molar-refractivity contribution in [3.8, 4) is 5.75 Å². The maximum atomic E-state index is 11.9.